The molecule has 0 bridgehead atoms. The van der Waals surface area contributed by atoms with Crippen molar-refractivity contribution in [2.45, 2.75) is 195 Å². The van der Waals surface area contributed by atoms with E-state index in [0.29, 0.717) is 12.5 Å². The summed E-state index contributed by atoms with van der Waals surface area (Å²) < 4.78 is 12.6. The van der Waals surface area contributed by atoms with Crippen molar-refractivity contribution < 1.29 is 138 Å². The standard InChI is InChI=1S/C15H32OSi2.C12H24OSi.C9H18OSi.CH2Cl2.CH2O3.CH4O.2K.S10.S9.S8.H/c1-10-14(12-11-13-17(5,6)7)16-18(8,9)15(2,3)4;1-8-10-11(9-2)13-14(6,7)12(3,4)5;1-5-9(10)7-6-8-11(2,3)4;2-1-3;2-1-4-3;1-2;;;1-3-5-7-9-10-8-6-4-2;1-3-5-7-9-8-6-4-2;1-3-5-7-8-6-4-2;/h14H,10,12H2,1-9H3;1,11H,9-10H2,2-7H3;9-10H,5,7H2,1-4H3;1H2;1,3H;2H,1H3;;;;;;/q;;;;;;2*+1;;;;-1/p-1/t14-;11-;;;;;;;;;;/m00........../s1. The Morgan fingerprint density at radius 3 is 0.926 bits per heavy atom. The predicted molar refractivity (Wildman–Crippen MR) is 438 cm³/mol. The van der Waals surface area contributed by atoms with E-state index in [1.807, 2.05) is 6.92 Å². The summed E-state index contributed by atoms with van der Waals surface area (Å²) in [6.45, 7) is 42.4. The van der Waals surface area contributed by atoms with Crippen LogP contribution in [0, 0.1) is 35.3 Å². The zero-order chi connectivity index (χ0) is 63.9. The molecule has 0 aliphatic carbocycles. The minimum absolute atomic E-state index is 0. The molecule has 7 nitrogen and oxygen atoms in total. The summed E-state index contributed by atoms with van der Waals surface area (Å²) in [6, 6.07) is 0. The van der Waals surface area contributed by atoms with Crippen LogP contribution in [-0.2, 0) is 272 Å². The third-order valence-corrected chi connectivity index (χ3v) is 59.3. The first-order valence-corrected chi connectivity index (χ1v) is 68.1. The summed E-state index contributed by atoms with van der Waals surface area (Å²) in [7, 11) is 28.0. The molecule has 0 aliphatic heterocycles. The molecule has 81 heavy (non-hydrogen) atoms. The van der Waals surface area contributed by atoms with Crippen LogP contribution < -0.4 is 108 Å². The van der Waals surface area contributed by atoms with Gasteiger partial charge in [0.05, 0.1) is 23.7 Å². The number of aliphatic hydroxyl groups excluding tert-OH is 2. The van der Waals surface area contributed by atoms with Crippen molar-refractivity contribution in [3.8, 4) is 35.3 Å². The summed E-state index contributed by atoms with van der Waals surface area (Å²) in [5.74, 6) is 9.09. The summed E-state index contributed by atoms with van der Waals surface area (Å²) in [5.41, 5.74) is 6.65. The third-order valence-electron chi connectivity index (χ3n) is 8.40. The monoisotopic (exact) mass is 1790 g/mol. The molecule has 0 saturated carbocycles. The van der Waals surface area contributed by atoms with Crippen LogP contribution in [0.1, 0.15) is 102 Å². The van der Waals surface area contributed by atoms with Crippen LogP contribution in [0.25, 0.3) is 0 Å². The smallest absolute Gasteiger partial charge is 1.00 e. The van der Waals surface area contributed by atoms with E-state index in [1.165, 1.54) is 53.3 Å². The molecule has 0 spiro atoms. The molecule has 0 aromatic rings. The zero-order valence-electron chi connectivity index (χ0n) is 51.1. The van der Waals surface area contributed by atoms with Gasteiger partial charge in [-0.3, -0.25) is 4.79 Å². The fraction of sp³-hybridized carbons (Fsp3) is 0.821. The fourth-order valence-electron chi connectivity index (χ4n) is 3.04. The van der Waals surface area contributed by atoms with E-state index in [9.17, 15) is 0 Å². The Kier molecular flexibility index (Phi) is 116. The molecule has 0 rings (SSSR count). The first-order chi connectivity index (χ1) is 36.7. The first-order valence-electron chi connectivity index (χ1n) is 22.2. The van der Waals surface area contributed by atoms with Gasteiger partial charge in [0.25, 0.3) is 6.47 Å². The molecule has 42 heteroatoms. The number of carbonyl (C=O) groups excluding carboxylic acids is 1. The maximum atomic E-state index is 9.17. The molecule has 0 amide bonds. The second-order valence-electron chi connectivity index (χ2n) is 18.5. The molecule has 1 unspecified atom stereocenters. The molecule has 3 atom stereocenters. The molecule has 0 saturated heterocycles. The van der Waals surface area contributed by atoms with Gasteiger partial charge in [0, 0.05) is 280 Å². The molecular weight excluding hydrogens is 1710 g/mol. The van der Waals surface area contributed by atoms with E-state index in [-0.39, 0.29) is 138 Å². The van der Waals surface area contributed by atoms with Gasteiger partial charge in [-0.1, -0.05) is 102 Å². The Hall–Kier alpha value is 8.61. The van der Waals surface area contributed by atoms with Crippen molar-refractivity contribution in [1.29, 1.82) is 0 Å². The van der Waals surface area contributed by atoms with Gasteiger partial charge < -0.3 is 30.6 Å². The van der Waals surface area contributed by atoms with Crippen molar-refractivity contribution in [2.75, 3.05) is 12.4 Å². The van der Waals surface area contributed by atoms with Gasteiger partial charge in [-0.15, -0.1) is 58.5 Å². The van der Waals surface area contributed by atoms with E-state index in [4.69, 9.17) is 58.7 Å². The Balaban J connectivity index is -0.0000000702. The van der Waals surface area contributed by atoms with Crippen molar-refractivity contribution in [3.05, 3.63) is 0 Å². The number of carbonyl (C=O) groups is 1. The van der Waals surface area contributed by atoms with Crippen LogP contribution >= 0.6 is 23.2 Å². The normalized spacial score (nSPS) is 10.5. The molecule has 0 heterocycles. The quantitative estimate of drug-likeness (QED) is 0.0763. The van der Waals surface area contributed by atoms with E-state index < -0.39 is 32.8 Å². The van der Waals surface area contributed by atoms with Crippen molar-refractivity contribution in [3.63, 3.8) is 0 Å². The Morgan fingerprint density at radius 2 is 0.753 bits per heavy atom. The molecule has 0 aromatic carbocycles. The van der Waals surface area contributed by atoms with Gasteiger partial charge in [0.1, 0.15) is 16.1 Å². The van der Waals surface area contributed by atoms with Gasteiger partial charge >= 0.3 is 103 Å². The van der Waals surface area contributed by atoms with Gasteiger partial charge in [0.15, 0.2) is 16.6 Å². The molecule has 0 aromatic heterocycles. The molecule has 2 N–H and O–H groups in total. The topological polar surface area (TPSA) is 108 Å². The number of aliphatic hydroxyl groups is 2. The van der Waals surface area contributed by atoms with Gasteiger partial charge in [0.2, 0.25) is 0 Å². The fourth-order valence-corrected chi connectivity index (χ4v) is 48.3. The molecule has 0 radical (unpaired) electrons. The van der Waals surface area contributed by atoms with E-state index in [1.54, 1.807) is 133 Å². The van der Waals surface area contributed by atoms with E-state index >= 15 is 0 Å². The van der Waals surface area contributed by atoms with E-state index in [2.05, 4.69) is 222 Å². The van der Waals surface area contributed by atoms with Gasteiger partial charge in [-0.2, -0.15) is 0 Å². The number of alkyl halides is 2. The molecule has 474 valence electrons. The largest absolute Gasteiger partial charge is 1.00 e. The third kappa shape index (κ3) is 108. The number of terminal acetylenes is 1. The zero-order valence-corrected chi connectivity index (χ0v) is 83.9. The van der Waals surface area contributed by atoms with Crippen molar-refractivity contribution in [2.24, 2.45) is 0 Å². The maximum absolute atomic E-state index is 9.17. The Bertz CT molecular complexity index is 2680. The van der Waals surface area contributed by atoms with Crippen LogP contribution in [-0.4, -0.2) is 80.2 Å². The number of hydrogen-bond acceptors (Lipinski definition) is 13. The van der Waals surface area contributed by atoms with E-state index in [0.717, 1.165) is 39.2 Å². The number of hydrogen-bond donors (Lipinski definition) is 2. The summed E-state index contributed by atoms with van der Waals surface area (Å²) in [6.07, 6.45) is 10.8. The minimum Gasteiger partial charge on any atom is -1.00 e. The van der Waals surface area contributed by atoms with Gasteiger partial charge in [-0.05, 0) is 55.5 Å². The minimum atomic E-state index is -1.64. The Labute approximate surface area is 682 Å². The summed E-state index contributed by atoms with van der Waals surface area (Å²) >= 11 is 37.3. The second-order valence-corrected chi connectivity index (χ2v) is 75.5. The first kappa shape index (κ1) is 114. The Morgan fingerprint density at radius 1 is 0.531 bits per heavy atom. The van der Waals surface area contributed by atoms with Crippen LogP contribution in [0.5, 0.6) is 0 Å². The average molecular weight is 1790 g/mol. The van der Waals surface area contributed by atoms with Crippen LogP contribution in [0.3, 0.4) is 0 Å². The number of rotatable bonds is 11. The molecule has 0 fully saturated rings. The summed E-state index contributed by atoms with van der Waals surface area (Å²) in [4.78, 5) is 11.2. The molecule has 0 aliphatic rings. The van der Waals surface area contributed by atoms with Crippen molar-refractivity contribution >= 4 is 316 Å². The average Bonchev–Trinajstić information content (AvgIpc) is 3.36. The van der Waals surface area contributed by atoms with Crippen LogP contribution in [0.4, 0.5) is 0 Å². The van der Waals surface area contributed by atoms with Gasteiger partial charge in [-0.25, -0.2) is 0 Å². The van der Waals surface area contributed by atoms with Crippen LogP contribution in [0.2, 0.25) is 75.5 Å². The second kappa shape index (κ2) is 82.8. The molecular formula is C39H82Cl2K2O7S27Si4. The predicted octanol–water partition coefficient (Wildman–Crippen LogP) is 4.42. The summed E-state index contributed by atoms with van der Waals surface area (Å²) in [5, 5.41) is 25.3. The number of halogens is 2. The SMILES string of the molecule is C#CC[C@H](CC)O[Si](C)(C)C(C)(C)C.CCC(O)CC#C[Si](C)(C)C.CC[C@@H](CC#C[Si](C)(C)C)O[Si](C)(C)C(C)(C)C.CO.ClCCl.O=CO[O-].S=S=S=S=S=S=S=S.S=S=S=S=S=S=S=S=S.S=S=S=S=S=S=S=S=S=S.[H-].[K+].[K+]. The van der Waals surface area contributed by atoms with Crippen LogP contribution in [0.15, 0.2) is 0 Å². The maximum Gasteiger partial charge on any atom is 1.00 e. The van der Waals surface area contributed by atoms with Crippen molar-refractivity contribution in [1.82, 2.24) is 0 Å².